The molecule has 1 atom stereocenters. The van der Waals surface area contributed by atoms with Gasteiger partial charge in [0.25, 0.3) is 0 Å². The number of carbonyl (C=O) groups is 1. The Hall–Kier alpha value is -0.570. The molecular weight excluding hydrogens is 200 g/mol. The molecule has 3 nitrogen and oxygen atoms in total. The summed E-state index contributed by atoms with van der Waals surface area (Å²) in [4.78, 5) is 12.1. The molecule has 2 fully saturated rings. The van der Waals surface area contributed by atoms with Crippen LogP contribution in [0.4, 0.5) is 0 Å². The van der Waals surface area contributed by atoms with Gasteiger partial charge in [0, 0.05) is 6.54 Å². The molecule has 0 aromatic rings. The first-order valence-corrected chi connectivity index (χ1v) is 6.64. The number of carbonyl (C=O) groups excluding carboxylic acids is 1. The van der Waals surface area contributed by atoms with Gasteiger partial charge in [-0.3, -0.25) is 4.79 Å². The van der Waals surface area contributed by atoms with Crippen molar-refractivity contribution in [1.82, 2.24) is 10.6 Å². The first kappa shape index (κ1) is 11.9. The highest BCUT2D eigenvalue weighted by Gasteiger charge is 2.42. The molecule has 1 saturated heterocycles. The van der Waals surface area contributed by atoms with Crippen LogP contribution in [0.1, 0.15) is 52.4 Å². The highest BCUT2D eigenvalue weighted by atomic mass is 16.2. The predicted octanol–water partition coefficient (Wildman–Crippen LogP) is 1.82. The second-order valence-corrected chi connectivity index (χ2v) is 5.75. The van der Waals surface area contributed by atoms with Crippen molar-refractivity contribution in [3.8, 4) is 0 Å². The molecule has 2 aliphatic rings. The minimum atomic E-state index is -0.317. The zero-order valence-corrected chi connectivity index (χ0v) is 10.6. The molecule has 92 valence electrons. The lowest BCUT2D eigenvalue weighted by Crippen LogP contribution is -2.57. The Balaban J connectivity index is 1.82. The fourth-order valence-corrected chi connectivity index (χ4v) is 2.54. The van der Waals surface area contributed by atoms with Crippen molar-refractivity contribution in [2.75, 3.05) is 13.1 Å². The molecule has 2 N–H and O–H groups in total. The summed E-state index contributed by atoms with van der Waals surface area (Å²) in [5, 5.41) is 6.50. The van der Waals surface area contributed by atoms with Gasteiger partial charge in [0.05, 0.1) is 5.54 Å². The molecule has 16 heavy (non-hydrogen) atoms. The summed E-state index contributed by atoms with van der Waals surface area (Å²) in [6, 6.07) is 0. The highest BCUT2D eigenvalue weighted by molar-refractivity contribution is 5.86. The number of piperidine rings is 1. The van der Waals surface area contributed by atoms with Crippen LogP contribution in [0.5, 0.6) is 0 Å². The van der Waals surface area contributed by atoms with Gasteiger partial charge in [-0.15, -0.1) is 0 Å². The van der Waals surface area contributed by atoms with Gasteiger partial charge in [0.15, 0.2) is 0 Å². The lowest BCUT2D eigenvalue weighted by molar-refractivity contribution is -0.128. The Labute approximate surface area is 98.4 Å². The standard InChI is InChI=1S/C13H24N2O/c1-3-13(7-8-13)10-14-11(16)12(2)6-4-5-9-15-12/h15H,3-10H2,1-2H3,(H,14,16). The Morgan fingerprint density at radius 2 is 2.06 bits per heavy atom. The maximum atomic E-state index is 12.1. The molecule has 1 heterocycles. The molecule has 1 aliphatic carbocycles. The average Bonchev–Trinajstić information content (AvgIpc) is 3.07. The quantitative estimate of drug-likeness (QED) is 0.765. The summed E-state index contributed by atoms with van der Waals surface area (Å²) in [5.41, 5.74) is 0.128. The van der Waals surface area contributed by atoms with E-state index < -0.39 is 0 Å². The van der Waals surface area contributed by atoms with Crippen molar-refractivity contribution in [1.29, 1.82) is 0 Å². The van der Waals surface area contributed by atoms with E-state index in [-0.39, 0.29) is 11.4 Å². The Morgan fingerprint density at radius 1 is 1.31 bits per heavy atom. The van der Waals surface area contributed by atoms with Crippen molar-refractivity contribution < 1.29 is 4.79 Å². The predicted molar refractivity (Wildman–Crippen MR) is 65.2 cm³/mol. The van der Waals surface area contributed by atoms with Crippen LogP contribution in [-0.2, 0) is 4.79 Å². The minimum Gasteiger partial charge on any atom is -0.354 e. The fraction of sp³-hybridized carbons (Fsp3) is 0.923. The number of hydrogen-bond donors (Lipinski definition) is 2. The Morgan fingerprint density at radius 3 is 2.56 bits per heavy atom. The fourth-order valence-electron chi connectivity index (χ4n) is 2.54. The topological polar surface area (TPSA) is 41.1 Å². The van der Waals surface area contributed by atoms with Gasteiger partial charge in [-0.25, -0.2) is 0 Å². The lowest BCUT2D eigenvalue weighted by Gasteiger charge is -2.34. The highest BCUT2D eigenvalue weighted by Crippen LogP contribution is 2.47. The molecule has 1 unspecified atom stereocenters. The average molecular weight is 224 g/mol. The first-order valence-electron chi connectivity index (χ1n) is 6.64. The molecule has 0 aromatic carbocycles. The third kappa shape index (κ3) is 2.40. The zero-order valence-electron chi connectivity index (χ0n) is 10.6. The molecule has 0 aromatic heterocycles. The summed E-state index contributed by atoms with van der Waals surface area (Å²) in [5.74, 6) is 0.201. The van der Waals surface area contributed by atoms with E-state index in [1.54, 1.807) is 0 Å². The van der Waals surface area contributed by atoms with Crippen molar-refractivity contribution in [3.63, 3.8) is 0 Å². The van der Waals surface area contributed by atoms with Crippen molar-refractivity contribution in [3.05, 3.63) is 0 Å². The van der Waals surface area contributed by atoms with E-state index in [0.717, 1.165) is 25.9 Å². The second kappa shape index (κ2) is 4.36. The SMILES string of the molecule is CCC1(CNC(=O)C2(C)CCCCN2)CC1. The summed E-state index contributed by atoms with van der Waals surface area (Å²) in [6.45, 7) is 6.11. The van der Waals surface area contributed by atoms with Gasteiger partial charge >= 0.3 is 0 Å². The number of nitrogens with one attached hydrogen (secondary N) is 2. The van der Waals surface area contributed by atoms with Gasteiger partial charge in [-0.1, -0.05) is 6.92 Å². The molecular formula is C13H24N2O. The maximum absolute atomic E-state index is 12.1. The molecule has 2 rings (SSSR count). The first-order chi connectivity index (χ1) is 7.60. The van der Waals surface area contributed by atoms with Gasteiger partial charge in [0.1, 0.15) is 0 Å². The third-order valence-electron chi connectivity index (χ3n) is 4.45. The summed E-state index contributed by atoms with van der Waals surface area (Å²) in [7, 11) is 0. The zero-order chi connectivity index (χ0) is 11.6. The van der Waals surface area contributed by atoms with Crippen LogP contribution in [-0.4, -0.2) is 24.5 Å². The van der Waals surface area contributed by atoms with Crippen LogP contribution < -0.4 is 10.6 Å². The number of rotatable bonds is 4. The van der Waals surface area contributed by atoms with Crippen LogP contribution in [0.15, 0.2) is 0 Å². The van der Waals surface area contributed by atoms with E-state index in [9.17, 15) is 4.79 Å². The Bertz CT molecular complexity index is 265. The van der Waals surface area contributed by atoms with Crippen LogP contribution in [0.2, 0.25) is 0 Å². The van der Waals surface area contributed by atoms with Crippen molar-refractivity contribution >= 4 is 5.91 Å². The van der Waals surface area contributed by atoms with Crippen LogP contribution in [0, 0.1) is 5.41 Å². The molecule has 0 radical (unpaired) electrons. The van der Waals surface area contributed by atoms with Gasteiger partial charge in [0.2, 0.25) is 5.91 Å². The van der Waals surface area contributed by atoms with E-state index in [1.165, 1.54) is 25.7 Å². The van der Waals surface area contributed by atoms with Crippen LogP contribution in [0.25, 0.3) is 0 Å². The smallest absolute Gasteiger partial charge is 0.240 e. The van der Waals surface area contributed by atoms with Gasteiger partial charge in [-0.2, -0.15) is 0 Å². The molecule has 1 aliphatic heterocycles. The van der Waals surface area contributed by atoms with E-state index in [4.69, 9.17) is 0 Å². The molecule has 3 heteroatoms. The maximum Gasteiger partial charge on any atom is 0.240 e. The summed E-state index contributed by atoms with van der Waals surface area (Å²) >= 11 is 0. The second-order valence-electron chi connectivity index (χ2n) is 5.75. The Kier molecular flexibility index (Phi) is 3.24. The van der Waals surface area contributed by atoms with Crippen LogP contribution >= 0.6 is 0 Å². The van der Waals surface area contributed by atoms with Gasteiger partial charge in [-0.05, 0) is 57.4 Å². The van der Waals surface area contributed by atoms with Crippen LogP contribution in [0.3, 0.4) is 0 Å². The summed E-state index contributed by atoms with van der Waals surface area (Å²) in [6.07, 6.45) is 7.09. The third-order valence-corrected chi connectivity index (χ3v) is 4.45. The number of amides is 1. The van der Waals surface area contributed by atoms with Crippen molar-refractivity contribution in [2.45, 2.75) is 57.9 Å². The molecule has 0 bridgehead atoms. The minimum absolute atomic E-state index is 0.201. The van der Waals surface area contributed by atoms with E-state index >= 15 is 0 Å². The van der Waals surface area contributed by atoms with Crippen molar-refractivity contribution in [2.24, 2.45) is 5.41 Å². The monoisotopic (exact) mass is 224 g/mol. The molecule has 1 saturated carbocycles. The summed E-state index contributed by atoms with van der Waals surface area (Å²) < 4.78 is 0. The molecule has 1 amide bonds. The van der Waals surface area contributed by atoms with E-state index in [0.29, 0.717) is 5.41 Å². The van der Waals surface area contributed by atoms with Gasteiger partial charge < -0.3 is 10.6 Å². The number of hydrogen-bond acceptors (Lipinski definition) is 2. The normalized spacial score (nSPS) is 32.1. The molecule has 0 spiro atoms. The largest absolute Gasteiger partial charge is 0.354 e. The lowest BCUT2D eigenvalue weighted by atomic mass is 9.89. The van der Waals surface area contributed by atoms with E-state index in [1.807, 2.05) is 6.92 Å². The van der Waals surface area contributed by atoms with E-state index in [2.05, 4.69) is 17.6 Å².